The molecule has 5 heteroatoms. The van der Waals surface area contributed by atoms with Gasteiger partial charge in [0.1, 0.15) is 11.8 Å². The lowest BCUT2D eigenvalue weighted by Crippen LogP contribution is -2.01. The number of rotatable bonds is 2. The molecule has 0 spiro atoms. The molecular formula is C16H13N5. The Morgan fingerprint density at radius 1 is 1.05 bits per heavy atom. The lowest BCUT2D eigenvalue weighted by atomic mass is 10.1. The first-order valence-corrected chi connectivity index (χ1v) is 6.54. The van der Waals surface area contributed by atoms with Gasteiger partial charge in [-0.15, -0.1) is 5.10 Å². The fourth-order valence-corrected chi connectivity index (χ4v) is 2.38. The van der Waals surface area contributed by atoms with Gasteiger partial charge in [0.2, 0.25) is 0 Å². The smallest absolute Gasteiger partial charge is 0.191 e. The van der Waals surface area contributed by atoms with E-state index in [4.69, 9.17) is 0 Å². The van der Waals surface area contributed by atoms with Crippen LogP contribution in [0, 0.1) is 25.2 Å². The zero-order chi connectivity index (χ0) is 14.8. The molecule has 0 fully saturated rings. The summed E-state index contributed by atoms with van der Waals surface area (Å²) < 4.78 is 1.70. The number of nitrogens with zero attached hydrogens (tertiary/aromatic N) is 5. The molecule has 0 saturated carbocycles. The molecule has 0 unspecified atom stereocenters. The fraction of sp³-hybridized carbons (Fsp3) is 0.125. The van der Waals surface area contributed by atoms with Gasteiger partial charge in [0, 0.05) is 18.0 Å². The molecule has 2 aromatic heterocycles. The van der Waals surface area contributed by atoms with E-state index in [0.29, 0.717) is 11.4 Å². The number of aryl methyl sites for hydroxylation is 2. The van der Waals surface area contributed by atoms with Gasteiger partial charge in [-0.3, -0.25) is 4.98 Å². The summed E-state index contributed by atoms with van der Waals surface area (Å²) >= 11 is 0. The van der Waals surface area contributed by atoms with E-state index in [-0.39, 0.29) is 0 Å². The Kier molecular flexibility index (Phi) is 3.20. The lowest BCUT2D eigenvalue weighted by molar-refractivity contribution is 0.805. The van der Waals surface area contributed by atoms with Crippen molar-refractivity contribution in [3.63, 3.8) is 0 Å². The number of hydrogen-bond donors (Lipinski definition) is 0. The summed E-state index contributed by atoms with van der Waals surface area (Å²) in [5.41, 5.74) is 5.03. The lowest BCUT2D eigenvalue weighted by Gasteiger charge is -2.08. The standard InChI is InChI=1S/C16H13N5/c1-11-7-12(2)9-14(8-11)21-16(15(10-17)19-20-21)13-3-5-18-6-4-13/h3-9H,1-2H3. The van der Waals surface area contributed by atoms with Gasteiger partial charge in [0.15, 0.2) is 5.69 Å². The highest BCUT2D eigenvalue weighted by molar-refractivity contribution is 5.66. The van der Waals surface area contributed by atoms with Crippen LogP contribution in [0.25, 0.3) is 16.9 Å². The van der Waals surface area contributed by atoms with Crippen molar-refractivity contribution in [2.24, 2.45) is 0 Å². The van der Waals surface area contributed by atoms with Gasteiger partial charge in [-0.25, -0.2) is 4.68 Å². The van der Waals surface area contributed by atoms with Crippen LogP contribution in [0.5, 0.6) is 0 Å². The molecule has 2 heterocycles. The second-order valence-corrected chi connectivity index (χ2v) is 4.89. The Balaban J connectivity index is 2.25. The van der Waals surface area contributed by atoms with Gasteiger partial charge in [-0.1, -0.05) is 11.3 Å². The van der Waals surface area contributed by atoms with Gasteiger partial charge in [0.25, 0.3) is 0 Å². The van der Waals surface area contributed by atoms with E-state index in [1.807, 2.05) is 38.1 Å². The Morgan fingerprint density at radius 3 is 2.33 bits per heavy atom. The van der Waals surface area contributed by atoms with Crippen LogP contribution in [-0.4, -0.2) is 20.0 Å². The van der Waals surface area contributed by atoms with Crippen LogP contribution in [0.2, 0.25) is 0 Å². The molecule has 5 nitrogen and oxygen atoms in total. The van der Waals surface area contributed by atoms with Crippen LogP contribution in [0.1, 0.15) is 16.8 Å². The molecule has 0 saturated heterocycles. The van der Waals surface area contributed by atoms with Crippen molar-refractivity contribution in [3.05, 3.63) is 59.5 Å². The molecule has 0 N–H and O–H groups in total. The van der Waals surface area contributed by atoms with E-state index in [1.54, 1.807) is 17.1 Å². The van der Waals surface area contributed by atoms with E-state index in [9.17, 15) is 5.26 Å². The quantitative estimate of drug-likeness (QED) is 0.721. The van der Waals surface area contributed by atoms with Crippen LogP contribution in [0.15, 0.2) is 42.7 Å². The van der Waals surface area contributed by atoms with E-state index < -0.39 is 0 Å². The maximum Gasteiger partial charge on any atom is 0.191 e. The van der Waals surface area contributed by atoms with Crippen LogP contribution in [-0.2, 0) is 0 Å². The molecule has 0 aliphatic heterocycles. The van der Waals surface area contributed by atoms with Crippen molar-refractivity contribution < 1.29 is 0 Å². The van der Waals surface area contributed by atoms with Gasteiger partial charge in [0.05, 0.1) is 5.69 Å². The average Bonchev–Trinajstić information content (AvgIpc) is 2.91. The first-order chi connectivity index (χ1) is 10.2. The Labute approximate surface area is 122 Å². The van der Waals surface area contributed by atoms with Crippen LogP contribution >= 0.6 is 0 Å². The summed E-state index contributed by atoms with van der Waals surface area (Å²) in [5, 5.41) is 17.4. The highest BCUT2D eigenvalue weighted by atomic mass is 15.4. The van der Waals surface area contributed by atoms with Crippen molar-refractivity contribution in [3.8, 4) is 23.0 Å². The molecule has 0 atom stereocenters. The molecule has 0 bridgehead atoms. The highest BCUT2D eigenvalue weighted by Gasteiger charge is 2.16. The number of benzene rings is 1. The Morgan fingerprint density at radius 2 is 1.71 bits per heavy atom. The fourth-order valence-electron chi connectivity index (χ4n) is 2.38. The van der Waals surface area contributed by atoms with Gasteiger partial charge >= 0.3 is 0 Å². The van der Waals surface area contributed by atoms with Gasteiger partial charge in [-0.05, 0) is 49.2 Å². The van der Waals surface area contributed by atoms with E-state index >= 15 is 0 Å². The molecule has 3 aromatic rings. The second-order valence-electron chi connectivity index (χ2n) is 4.89. The largest absolute Gasteiger partial charge is 0.265 e. The molecule has 102 valence electrons. The molecule has 0 aliphatic carbocycles. The van der Waals surface area contributed by atoms with Gasteiger partial charge in [-0.2, -0.15) is 5.26 Å². The SMILES string of the molecule is Cc1cc(C)cc(-n2nnc(C#N)c2-c2ccncc2)c1. The number of pyridine rings is 1. The van der Waals surface area contributed by atoms with Gasteiger partial charge < -0.3 is 0 Å². The normalized spacial score (nSPS) is 10.3. The molecule has 0 radical (unpaired) electrons. The number of hydrogen-bond acceptors (Lipinski definition) is 4. The minimum absolute atomic E-state index is 0.306. The minimum atomic E-state index is 0.306. The zero-order valence-corrected chi connectivity index (χ0v) is 11.8. The van der Waals surface area contributed by atoms with E-state index in [2.05, 4.69) is 27.4 Å². The summed E-state index contributed by atoms with van der Waals surface area (Å²) in [6.07, 6.45) is 3.38. The first-order valence-electron chi connectivity index (χ1n) is 6.54. The summed E-state index contributed by atoms with van der Waals surface area (Å²) in [6.45, 7) is 4.06. The van der Waals surface area contributed by atoms with E-state index in [1.165, 1.54) is 0 Å². The summed E-state index contributed by atoms with van der Waals surface area (Å²) in [7, 11) is 0. The van der Waals surface area contributed by atoms with Crippen molar-refractivity contribution in [2.75, 3.05) is 0 Å². The van der Waals surface area contributed by atoms with Crippen molar-refractivity contribution in [2.45, 2.75) is 13.8 Å². The third kappa shape index (κ3) is 2.39. The van der Waals surface area contributed by atoms with Crippen LogP contribution < -0.4 is 0 Å². The maximum absolute atomic E-state index is 9.27. The molecular weight excluding hydrogens is 262 g/mol. The zero-order valence-electron chi connectivity index (χ0n) is 11.8. The van der Waals surface area contributed by atoms with Crippen molar-refractivity contribution in [1.29, 1.82) is 5.26 Å². The molecule has 3 rings (SSSR count). The maximum atomic E-state index is 9.27. The third-order valence-corrected chi connectivity index (χ3v) is 3.18. The Hall–Kier alpha value is -3.00. The number of nitriles is 1. The highest BCUT2D eigenvalue weighted by Crippen LogP contribution is 2.25. The predicted octanol–water partition coefficient (Wildman–Crippen LogP) is 2.82. The van der Waals surface area contributed by atoms with E-state index in [0.717, 1.165) is 22.4 Å². The topological polar surface area (TPSA) is 67.4 Å². The predicted molar refractivity (Wildman–Crippen MR) is 78.8 cm³/mol. The van der Waals surface area contributed by atoms with Crippen molar-refractivity contribution in [1.82, 2.24) is 20.0 Å². The third-order valence-electron chi connectivity index (χ3n) is 3.18. The second kappa shape index (κ2) is 5.17. The molecule has 0 amide bonds. The number of aromatic nitrogens is 4. The van der Waals surface area contributed by atoms with Crippen LogP contribution in [0.3, 0.4) is 0 Å². The minimum Gasteiger partial charge on any atom is -0.265 e. The summed E-state index contributed by atoms with van der Waals surface area (Å²) in [5.74, 6) is 0. The summed E-state index contributed by atoms with van der Waals surface area (Å²) in [6, 6.07) is 11.9. The molecule has 0 aliphatic rings. The average molecular weight is 275 g/mol. The first kappa shape index (κ1) is 13.0. The Bertz CT molecular complexity index is 807. The monoisotopic (exact) mass is 275 g/mol. The van der Waals surface area contributed by atoms with Crippen molar-refractivity contribution >= 4 is 0 Å². The molecule has 1 aromatic carbocycles. The summed E-state index contributed by atoms with van der Waals surface area (Å²) in [4.78, 5) is 4.01. The molecule has 21 heavy (non-hydrogen) atoms. The van der Waals surface area contributed by atoms with Crippen LogP contribution in [0.4, 0.5) is 0 Å².